The van der Waals surface area contributed by atoms with Crippen molar-refractivity contribution in [3.63, 3.8) is 0 Å². The van der Waals surface area contributed by atoms with Gasteiger partial charge in [0.05, 0.1) is 6.26 Å². The maximum atomic E-state index is 5.42. The van der Waals surface area contributed by atoms with Gasteiger partial charge in [-0.15, -0.1) is 0 Å². The number of benzene rings is 2. The zero-order valence-electron chi connectivity index (χ0n) is 7.60. The van der Waals surface area contributed by atoms with Crippen LogP contribution in [-0.2, 0) is 0 Å². The first-order chi connectivity index (χ1) is 6.95. The molecule has 0 amide bonds. The van der Waals surface area contributed by atoms with Crippen molar-refractivity contribution in [2.45, 2.75) is 0 Å². The van der Waals surface area contributed by atoms with Crippen molar-refractivity contribution in [1.82, 2.24) is 0 Å². The third kappa shape index (κ3) is 1.02. The molecule has 0 saturated carbocycles. The molecule has 1 heterocycles. The number of ether oxygens (including phenoxy) is 1. The Balaban J connectivity index is 2.37. The van der Waals surface area contributed by atoms with Gasteiger partial charge in [0.2, 0.25) is 0 Å². The molecule has 0 N–H and O–H groups in total. The molecule has 3 rings (SSSR count). The van der Waals surface area contributed by atoms with Crippen molar-refractivity contribution in [1.29, 1.82) is 0 Å². The molecule has 2 aromatic rings. The quantitative estimate of drug-likeness (QED) is 0.606. The van der Waals surface area contributed by atoms with E-state index in [0.717, 1.165) is 5.75 Å². The molecule has 0 aliphatic carbocycles. The van der Waals surface area contributed by atoms with Crippen LogP contribution in [0.2, 0.25) is 0 Å². The lowest BCUT2D eigenvalue weighted by atomic mass is 10.0. The molecule has 1 nitrogen and oxygen atoms in total. The molecule has 0 fully saturated rings. The summed E-state index contributed by atoms with van der Waals surface area (Å²) in [5.41, 5.74) is 1.17. The molecule has 1 radical (unpaired) electrons. The van der Waals surface area contributed by atoms with Crippen LogP contribution in [0.4, 0.5) is 0 Å². The Morgan fingerprint density at radius 2 is 1.86 bits per heavy atom. The molecule has 0 atom stereocenters. The fourth-order valence-corrected chi connectivity index (χ4v) is 1.80. The van der Waals surface area contributed by atoms with Gasteiger partial charge in [-0.05, 0) is 22.9 Å². The van der Waals surface area contributed by atoms with Crippen LogP contribution in [0.25, 0.3) is 10.8 Å². The number of rotatable bonds is 0. The third-order valence-corrected chi connectivity index (χ3v) is 2.47. The monoisotopic (exact) mass is 181 g/mol. The minimum atomic E-state index is 0.936. The predicted octanol–water partition coefficient (Wildman–Crippen LogP) is 3.30. The smallest absolute Gasteiger partial charge is 0.130 e. The summed E-state index contributed by atoms with van der Waals surface area (Å²) >= 11 is 0. The number of hydrogen-bond acceptors (Lipinski definition) is 1. The van der Waals surface area contributed by atoms with Gasteiger partial charge in [0.15, 0.2) is 0 Å². The lowest BCUT2D eigenvalue weighted by molar-refractivity contribution is 0.473. The molecule has 0 aromatic heterocycles. The predicted molar refractivity (Wildman–Crippen MR) is 57.1 cm³/mol. The van der Waals surface area contributed by atoms with Gasteiger partial charge < -0.3 is 4.74 Å². The Morgan fingerprint density at radius 1 is 0.929 bits per heavy atom. The molecule has 1 aliphatic heterocycles. The summed E-state index contributed by atoms with van der Waals surface area (Å²) in [5.74, 6) is 0.936. The maximum Gasteiger partial charge on any atom is 0.130 e. The molecule has 0 bridgehead atoms. The fraction of sp³-hybridized carbons (Fsp3) is 0. The van der Waals surface area contributed by atoms with Crippen LogP contribution in [-0.4, -0.2) is 0 Å². The first-order valence-corrected chi connectivity index (χ1v) is 4.63. The Morgan fingerprint density at radius 3 is 2.86 bits per heavy atom. The van der Waals surface area contributed by atoms with Crippen LogP contribution < -0.4 is 4.74 Å². The van der Waals surface area contributed by atoms with Crippen LogP contribution in [0.5, 0.6) is 5.75 Å². The molecule has 0 unspecified atom stereocenters. The highest BCUT2D eigenvalue weighted by molar-refractivity contribution is 5.89. The lowest BCUT2D eigenvalue weighted by Crippen LogP contribution is -1.95. The van der Waals surface area contributed by atoms with Gasteiger partial charge in [-0.3, -0.25) is 0 Å². The summed E-state index contributed by atoms with van der Waals surface area (Å²) in [6.07, 6.45) is 5.72. The molecule has 1 aliphatic rings. The average Bonchev–Trinajstić information content (AvgIpc) is 2.29. The maximum absolute atomic E-state index is 5.42. The SMILES string of the molecule is [CH]1C=COc2ccc3ccccc3c21. The number of hydrogen-bond donors (Lipinski definition) is 0. The van der Waals surface area contributed by atoms with Crippen molar-refractivity contribution in [2.24, 2.45) is 0 Å². The van der Waals surface area contributed by atoms with Gasteiger partial charge in [0, 0.05) is 12.0 Å². The van der Waals surface area contributed by atoms with Crippen LogP contribution in [0, 0.1) is 6.42 Å². The van der Waals surface area contributed by atoms with Crippen molar-refractivity contribution in [3.8, 4) is 5.75 Å². The summed E-state index contributed by atoms with van der Waals surface area (Å²) in [5, 5.41) is 2.50. The van der Waals surface area contributed by atoms with Crippen molar-refractivity contribution < 1.29 is 4.74 Å². The Kier molecular flexibility index (Phi) is 1.57. The molecule has 0 spiro atoms. The summed E-state index contributed by atoms with van der Waals surface area (Å²) in [6.45, 7) is 0. The van der Waals surface area contributed by atoms with Crippen LogP contribution in [0.15, 0.2) is 48.7 Å². The van der Waals surface area contributed by atoms with E-state index in [0.29, 0.717) is 0 Å². The van der Waals surface area contributed by atoms with E-state index in [1.54, 1.807) is 6.26 Å². The van der Waals surface area contributed by atoms with Crippen molar-refractivity contribution in [3.05, 3.63) is 60.7 Å². The van der Waals surface area contributed by atoms with E-state index in [1.807, 2.05) is 18.2 Å². The minimum absolute atomic E-state index is 0.936. The van der Waals surface area contributed by atoms with Crippen LogP contribution in [0.1, 0.15) is 5.56 Å². The topological polar surface area (TPSA) is 9.23 Å². The molecular formula is C13H9O. The van der Waals surface area contributed by atoms with Gasteiger partial charge >= 0.3 is 0 Å². The van der Waals surface area contributed by atoms with E-state index in [1.165, 1.54) is 16.3 Å². The van der Waals surface area contributed by atoms with E-state index in [2.05, 4.69) is 30.7 Å². The molecule has 14 heavy (non-hydrogen) atoms. The van der Waals surface area contributed by atoms with Gasteiger partial charge in [-0.2, -0.15) is 0 Å². The van der Waals surface area contributed by atoms with Crippen molar-refractivity contribution in [2.75, 3.05) is 0 Å². The second kappa shape index (κ2) is 2.88. The summed E-state index contributed by atoms with van der Waals surface area (Å²) < 4.78 is 5.42. The Bertz CT molecular complexity index is 512. The molecular weight excluding hydrogens is 172 g/mol. The fourth-order valence-electron chi connectivity index (χ4n) is 1.80. The van der Waals surface area contributed by atoms with Crippen molar-refractivity contribution >= 4 is 10.8 Å². The van der Waals surface area contributed by atoms with Gasteiger partial charge in [-0.25, -0.2) is 0 Å². The third-order valence-electron chi connectivity index (χ3n) is 2.47. The summed E-state index contributed by atoms with van der Waals surface area (Å²) in [4.78, 5) is 0. The molecule has 2 aromatic carbocycles. The lowest BCUT2D eigenvalue weighted by Gasteiger charge is -2.13. The van der Waals surface area contributed by atoms with E-state index in [4.69, 9.17) is 4.74 Å². The highest BCUT2D eigenvalue weighted by Crippen LogP contribution is 2.31. The second-order valence-electron chi connectivity index (χ2n) is 3.31. The van der Waals surface area contributed by atoms with E-state index >= 15 is 0 Å². The van der Waals surface area contributed by atoms with Gasteiger partial charge in [0.1, 0.15) is 5.75 Å². The minimum Gasteiger partial charge on any atom is -0.465 e. The molecule has 1 heteroatoms. The summed E-state index contributed by atoms with van der Waals surface area (Å²) in [7, 11) is 0. The largest absolute Gasteiger partial charge is 0.465 e. The Hall–Kier alpha value is -1.76. The zero-order valence-corrected chi connectivity index (χ0v) is 7.60. The number of allylic oxidation sites excluding steroid dienone is 1. The number of fused-ring (bicyclic) bond motifs is 3. The molecule has 0 saturated heterocycles. The normalized spacial score (nSPS) is 13.7. The zero-order chi connectivity index (χ0) is 9.38. The summed E-state index contributed by atoms with van der Waals surface area (Å²) in [6, 6.07) is 12.4. The highest BCUT2D eigenvalue weighted by Gasteiger charge is 2.09. The van der Waals surface area contributed by atoms with Gasteiger partial charge in [-0.1, -0.05) is 30.3 Å². The Labute approximate surface area is 82.6 Å². The van der Waals surface area contributed by atoms with E-state index < -0.39 is 0 Å². The van der Waals surface area contributed by atoms with Crippen LogP contribution >= 0.6 is 0 Å². The van der Waals surface area contributed by atoms with E-state index in [-0.39, 0.29) is 0 Å². The molecule has 67 valence electrons. The second-order valence-corrected chi connectivity index (χ2v) is 3.31. The standard InChI is InChI=1S/C13H9O/c1-2-5-11-10(4-1)7-8-13-12(11)6-3-9-14-13/h1-9H. The van der Waals surface area contributed by atoms with Crippen LogP contribution in [0.3, 0.4) is 0 Å². The first-order valence-electron chi connectivity index (χ1n) is 4.63. The van der Waals surface area contributed by atoms with Gasteiger partial charge in [0.25, 0.3) is 0 Å². The average molecular weight is 181 g/mol. The highest BCUT2D eigenvalue weighted by atomic mass is 16.5. The first kappa shape index (κ1) is 7.63. The van der Waals surface area contributed by atoms with E-state index in [9.17, 15) is 0 Å².